The molecule has 4 aromatic rings. The molecule has 0 radical (unpaired) electrons. The zero-order valence-electron chi connectivity index (χ0n) is 27.2. The van der Waals surface area contributed by atoms with Gasteiger partial charge in [0, 0.05) is 20.1 Å². The van der Waals surface area contributed by atoms with Gasteiger partial charge in [-0.1, -0.05) is 94.9 Å². The molecule has 20 heteroatoms. The lowest BCUT2D eigenvalue weighted by atomic mass is 10.2. The largest absolute Gasteiger partial charge is 0.350 e. The average Bonchev–Trinajstić information content (AvgIpc) is 3.05. The van der Waals surface area contributed by atoms with Crippen molar-refractivity contribution in [2.45, 2.75) is 26.4 Å². The SMILES string of the molecule is NC(=O)NOCc1cccc(Cl)c1.NC(=O)NOCc1cccc(Cl)c1.NC(=O)NOCc1cccc(Cl)c1.NC(=O)NOCc1cccc(Cl)c1. The molecule has 12 N–H and O–H groups in total. The Bertz CT molecular complexity index is 1460. The first-order chi connectivity index (χ1) is 24.7. The number of primary amides is 4. The Labute approximate surface area is 318 Å². The number of hydroxylamine groups is 4. The molecule has 4 aromatic carbocycles. The molecule has 0 saturated heterocycles. The van der Waals surface area contributed by atoms with Crippen LogP contribution in [-0.4, -0.2) is 24.1 Å². The summed E-state index contributed by atoms with van der Waals surface area (Å²) in [5.74, 6) is 0. The number of nitrogens with two attached hydrogens (primary N) is 4. The van der Waals surface area contributed by atoms with Crippen molar-refractivity contribution in [3.05, 3.63) is 139 Å². The van der Waals surface area contributed by atoms with Gasteiger partial charge < -0.3 is 22.9 Å². The summed E-state index contributed by atoms with van der Waals surface area (Å²) in [6.07, 6.45) is 0. The van der Waals surface area contributed by atoms with E-state index in [1.165, 1.54) is 0 Å². The van der Waals surface area contributed by atoms with E-state index in [1.54, 1.807) is 72.8 Å². The predicted molar refractivity (Wildman–Crippen MR) is 196 cm³/mol. The molecule has 8 amide bonds. The molecule has 280 valence electrons. The van der Waals surface area contributed by atoms with E-state index in [9.17, 15) is 19.2 Å². The summed E-state index contributed by atoms with van der Waals surface area (Å²) in [4.78, 5) is 59.9. The van der Waals surface area contributed by atoms with Crippen LogP contribution in [0.1, 0.15) is 22.3 Å². The van der Waals surface area contributed by atoms with Gasteiger partial charge in [-0.3, -0.25) is 19.4 Å². The molecular weight excluding hydrogens is 766 g/mol. The molecule has 0 heterocycles. The second kappa shape index (κ2) is 26.7. The lowest BCUT2D eigenvalue weighted by molar-refractivity contribution is 0.0521. The van der Waals surface area contributed by atoms with Crippen molar-refractivity contribution in [2.24, 2.45) is 22.9 Å². The molecule has 0 unspecified atom stereocenters. The Morgan fingerprint density at radius 1 is 0.404 bits per heavy atom. The van der Waals surface area contributed by atoms with Gasteiger partial charge in [0.15, 0.2) is 0 Å². The van der Waals surface area contributed by atoms with E-state index < -0.39 is 24.1 Å². The molecule has 0 atom stereocenters. The number of halogens is 4. The average molecular weight is 802 g/mol. The maximum atomic E-state index is 10.2. The zero-order chi connectivity index (χ0) is 38.7. The Kier molecular flexibility index (Phi) is 23.1. The number of hydrogen-bond acceptors (Lipinski definition) is 8. The van der Waals surface area contributed by atoms with Gasteiger partial charge in [0.25, 0.3) is 0 Å². The van der Waals surface area contributed by atoms with Gasteiger partial charge in [-0.25, -0.2) is 41.1 Å². The van der Waals surface area contributed by atoms with Gasteiger partial charge >= 0.3 is 24.1 Å². The molecule has 16 nitrogen and oxygen atoms in total. The van der Waals surface area contributed by atoms with Crippen molar-refractivity contribution in [3.8, 4) is 0 Å². The van der Waals surface area contributed by atoms with Crippen LogP contribution in [0.4, 0.5) is 19.2 Å². The first kappa shape index (κ1) is 45.0. The van der Waals surface area contributed by atoms with Crippen LogP contribution in [-0.2, 0) is 45.8 Å². The number of carbonyl (C=O) groups excluding carboxylic acids is 4. The lowest BCUT2D eigenvalue weighted by Gasteiger charge is -2.02. The minimum Gasteiger partial charge on any atom is -0.350 e. The number of hydrogen-bond donors (Lipinski definition) is 8. The van der Waals surface area contributed by atoms with E-state index >= 15 is 0 Å². The molecule has 0 aliphatic rings. The van der Waals surface area contributed by atoms with E-state index in [-0.39, 0.29) is 26.4 Å². The Morgan fingerprint density at radius 3 is 0.750 bits per heavy atom. The van der Waals surface area contributed by atoms with Crippen molar-refractivity contribution < 1.29 is 38.5 Å². The smallest absolute Gasteiger partial charge is 0.336 e. The van der Waals surface area contributed by atoms with E-state index in [0.717, 1.165) is 22.3 Å². The summed E-state index contributed by atoms with van der Waals surface area (Å²) in [6.45, 7) is 0.958. The van der Waals surface area contributed by atoms with Crippen molar-refractivity contribution in [1.29, 1.82) is 0 Å². The fraction of sp³-hybridized carbons (Fsp3) is 0.125. The highest BCUT2D eigenvalue weighted by Gasteiger charge is 1.98. The highest BCUT2D eigenvalue weighted by molar-refractivity contribution is 6.31. The number of benzene rings is 4. The number of urea groups is 4. The third kappa shape index (κ3) is 25.0. The second-order valence-corrected chi connectivity index (χ2v) is 11.3. The molecule has 4 rings (SSSR count). The van der Waals surface area contributed by atoms with Crippen LogP contribution >= 0.6 is 46.4 Å². The third-order valence-electron chi connectivity index (χ3n) is 5.20. The van der Waals surface area contributed by atoms with Crippen LogP contribution in [0.5, 0.6) is 0 Å². The molecule has 52 heavy (non-hydrogen) atoms. The first-order valence-corrected chi connectivity index (χ1v) is 15.9. The lowest BCUT2D eigenvalue weighted by Crippen LogP contribution is -2.29. The molecular formula is C32H36Cl4N8O8. The van der Waals surface area contributed by atoms with Gasteiger partial charge in [0.2, 0.25) is 0 Å². The normalized spacial score (nSPS) is 9.62. The molecule has 0 aromatic heterocycles. The molecule has 0 fully saturated rings. The van der Waals surface area contributed by atoms with Gasteiger partial charge in [0.1, 0.15) is 0 Å². The number of rotatable bonds is 12. The fourth-order valence-corrected chi connectivity index (χ4v) is 4.12. The summed E-state index contributed by atoms with van der Waals surface area (Å²) >= 11 is 22.9. The van der Waals surface area contributed by atoms with Crippen LogP contribution in [0.3, 0.4) is 0 Å². The Morgan fingerprint density at radius 2 is 0.596 bits per heavy atom. The second-order valence-electron chi connectivity index (χ2n) is 9.54. The number of amides is 8. The molecule has 0 aliphatic heterocycles. The Hall–Kier alpha value is -5.04. The Balaban J connectivity index is 0.000000347. The van der Waals surface area contributed by atoms with Gasteiger partial charge in [-0.2, -0.15) is 0 Å². The van der Waals surface area contributed by atoms with Crippen LogP contribution in [0, 0.1) is 0 Å². The monoisotopic (exact) mass is 800 g/mol. The van der Waals surface area contributed by atoms with Crippen LogP contribution in [0.25, 0.3) is 0 Å². The number of nitrogens with one attached hydrogen (secondary N) is 4. The minimum absolute atomic E-state index is 0.240. The summed E-state index contributed by atoms with van der Waals surface area (Å²) in [6, 6.07) is 25.6. The van der Waals surface area contributed by atoms with E-state index in [0.29, 0.717) is 20.1 Å². The predicted octanol–water partition coefficient (Wildman–Crippen LogP) is 5.76. The van der Waals surface area contributed by atoms with Gasteiger partial charge in [0.05, 0.1) is 26.4 Å². The maximum absolute atomic E-state index is 10.2. The van der Waals surface area contributed by atoms with Gasteiger partial charge in [-0.15, -0.1) is 0 Å². The van der Waals surface area contributed by atoms with Crippen molar-refractivity contribution in [3.63, 3.8) is 0 Å². The topological polar surface area (TPSA) is 257 Å². The summed E-state index contributed by atoms with van der Waals surface area (Å²) in [5, 5.41) is 2.50. The minimum atomic E-state index is -0.720. The van der Waals surface area contributed by atoms with Crippen LogP contribution in [0.15, 0.2) is 97.1 Å². The van der Waals surface area contributed by atoms with E-state index in [4.69, 9.17) is 88.7 Å². The fourth-order valence-electron chi connectivity index (χ4n) is 3.27. The highest BCUT2D eigenvalue weighted by Crippen LogP contribution is 2.13. The van der Waals surface area contributed by atoms with E-state index in [2.05, 4.69) is 0 Å². The first-order valence-electron chi connectivity index (χ1n) is 14.4. The summed E-state index contributed by atoms with van der Waals surface area (Å²) in [5.41, 5.74) is 30.6. The standard InChI is InChI=1S/4C8H9ClN2O2/c4*9-7-3-1-2-6(4-7)5-13-11-8(10)12/h4*1-4H,5H2,(H3,10,11,12). The van der Waals surface area contributed by atoms with E-state index in [1.807, 2.05) is 46.2 Å². The highest BCUT2D eigenvalue weighted by atomic mass is 35.5. The third-order valence-corrected chi connectivity index (χ3v) is 6.14. The van der Waals surface area contributed by atoms with Gasteiger partial charge in [-0.05, 0) is 70.8 Å². The summed E-state index contributed by atoms with van der Waals surface area (Å²) in [7, 11) is 0. The molecule has 0 aliphatic carbocycles. The van der Waals surface area contributed by atoms with Crippen molar-refractivity contribution >= 4 is 70.5 Å². The maximum Gasteiger partial charge on any atom is 0.336 e. The summed E-state index contributed by atoms with van der Waals surface area (Å²) < 4.78 is 0. The van der Waals surface area contributed by atoms with Crippen LogP contribution in [0.2, 0.25) is 20.1 Å². The quantitative estimate of drug-likeness (QED) is 0.0815. The van der Waals surface area contributed by atoms with Crippen molar-refractivity contribution in [2.75, 3.05) is 0 Å². The zero-order valence-corrected chi connectivity index (χ0v) is 30.2. The van der Waals surface area contributed by atoms with Crippen molar-refractivity contribution in [1.82, 2.24) is 21.9 Å². The molecule has 0 saturated carbocycles. The molecule has 0 spiro atoms. The number of carbonyl (C=O) groups is 4. The molecule has 0 bridgehead atoms. The van der Waals surface area contributed by atoms with Crippen LogP contribution < -0.4 is 44.9 Å².